The number of likely N-dealkylation sites (tertiary alicyclic amines) is 1. The van der Waals surface area contributed by atoms with E-state index in [-0.39, 0.29) is 18.1 Å². The molecule has 2 atom stereocenters. The van der Waals surface area contributed by atoms with Gasteiger partial charge in [-0.1, -0.05) is 0 Å². The van der Waals surface area contributed by atoms with E-state index in [2.05, 4.69) is 5.10 Å². The van der Waals surface area contributed by atoms with E-state index in [1.54, 1.807) is 28.9 Å². The number of morpholine rings is 1. The molecule has 3 heterocycles. The van der Waals surface area contributed by atoms with Crippen LogP contribution in [0.1, 0.15) is 16.9 Å². The van der Waals surface area contributed by atoms with Crippen molar-refractivity contribution in [3.05, 3.63) is 18.0 Å². The van der Waals surface area contributed by atoms with Crippen molar-refractivity contribution < 1.29 is 17.9 Å². The number of rotatable bonds is 2. The van der Waals surface area contributed by atoms with Gasteiger partial charge < -0.3 is 9.64 Å². The van der Waals surface area contributed by atoms with Crippen LogP contribution in [0.4, 0.5) is 0 Å². The lowest BCUT2D eigenvalue weighted by atomic mass is 10.0. The van der Waals surface area contributed by atoms with Gasteiger partial charge in [0.25, 0.3) is 5.91 Å². The van der Waals surface area contributed by atoms with Crippen molar-refractivity contribution in [2.75, 3.05) is 32.5 Å². The maximum absolute atomic E-state index is 12.5. The molecule has 22 heavy (non-hydrogen) atoms. The lowest BCUT2D eigenvalue weighted by molar-refractivity contribution is -0.0705. The standard InChI is InChI=1S/C13H20N4O4S/c1-15-5-3-10(14-15)13(18)16-6-4-12-11(9-16)17(7-8-21-12)22(2,19)20/h3,5,11-12H,4,6-9H2,1-2H3/t11-,12-/m1/s1. The van der Waals surface area contributed by atoms with Crippen LogP contribution in [0.25, 0.3) is 0 Å². The van der Waals surface area contributed by atoms with Gasteiger partial charge in [-0.25, -0.2) is 8.42 Å². The predicted molar refractivity (Wildman–Crippen MR) is 78.8 cm³/mol. The number of carbonyl (C=O) groups is 1. The molecule has 2 aliphatic rings. The van der Waals surface area contributed by atoms with Crippen molar-refractivity contribution in [2.45, 2.75) is 18.6 Å². The highest BCUT2D eigenvalue weighted by atomic mass is 32.2. The fourth-order valence-corrected chi connectivity index (χ4v) is 4.23. The normalized spacial score (nSPS) is 26.7. The van der Waals surface area contributed by atoms with Gasteiger partial charge in [-0.15, -0.1) is 0 Å². The van der Waals surface area contributed by atoms with Gasteiger partial charge in [-0.3, -0.25) is 9.48 Å². The number of amides is 1. The summed E-state index contributed by atoms with van der Waals surface area (Å²) >= 11 is 0. The summed E-state index contributed by atoms with van der Waals surface area (Å²) < 4.78 is 32.6. The van der Waals surface area contributed by atoms with Gasteiger partial charge in [-0.2, -0.15) is 9.40 Å². The van der Waals surface area contributed by atoms with Gasteiger partial charge in [0.1, 0.15) is 5.69 Å². The van der Waals surface area contributed by atoms with Gasteiger partial charge in [0, 0.05) is 32.9 Å². The van der Waals surface area contributed by atoms with Crippen LogP contribution in [0, 0.1) is 0 Å². The Morgan fingerprint density at radius 2 is 2.18 bits per heavy atom. The van der Waals surface area contributed by atoms with Crippen molar-refractivity contribution in [3.8, 4) is 0 Å². The number of hydrogen-bond acceptors (Lipinski definition) is 5. The highest BCUT2D eigenvalue weighted by molar-refractivity contribution is 7.88. The van der Waals surface area contributed by atoms with Gasteiger partial charge in [0.05, 0.1) is 25.0 Å². The Labute approximate surface area is 129 Å². The Kier molecular flexibility index (Phi) is 3.96. The van der Waals surface area contributed by atoms with Crippen molar-refractivity contribution in [3.63, 3.8) is 0 Å². The number of aryl methyl sites for hydroxylation is 1. The van der Waals surface area contributed by atoms with Gasteiger partial charge in [0.2, 0.25) is 10.0 Å². The molecule has 2 saturated heterocycles. The number of aromatic nitrogens is 2. The maximum atomic E-state index is 12.5. The maximum Gasteiger partial charge on any atom is 0.274 e. The van der Waals surface area contributed by atoms with E-state index in [1.807, 2.05) is 0 Å². The third-order valence-corrected chi connectivity index (χ3v) is 5.48. The Morgan fingerprint density at radius 3 is 2.82 bits per heavy atom. The summed E-state index contributed by atoms with van der Waals surface area (Å²) in [6.07, 6.45) is 3.41. The summed E-state index contributed by atoms with van der Waals surface area (Å²) in [5.41, 5.74) is 0.378. The van der Waals surface area contributed by atoms with E-state index in [4.69, 9.17) is 4.74 Å². The minimum Gasteiger partial charge on any atom is -0.375 e. The van der Waals surface area contributed by atoms with E-state index in [0.717, 1.165) is 0 Å². The Hall–Kier alpha value is -1.45. The Bertz CT molecular complexity index is 671. The number of piperidine rings is 1. The van der Waals surface area contributed by atoms with Gasteiger partial charge >= 0.3 is 0 Å². The molecule has 0 aliphatic carbocycles. The molecule has 0 unspecified atom stereocenters. The summed E-state index contributed by atoms with van der Waals surface area (Å²) in [5, 5.41) is 4.12. The molecule has 9 heteroatoms. The zero-order valence-corrected chi connectivity index (χ0v) is 13.5. The molecule has 122 valence electrons. The molecule has 2 fully saturated rings. The largest absolute Gasteiger partial charge is 0.375 e. The predicted octanol–water partition coefficient (Wildman–Crippen LogP) is -0.705. The van der Waals surface area contributed by atoms with E-state index < -0.39 is 10.0 Å². The first-order valence-electron chi connectivity index (χ1n) is 7.23. The van der Waals surface area contributed by atoms with Gasteiger partial charge in [-0.05, 0) is 12.5 Å². The highest BCUT2D eigenvalue weighted by Gasteiger charge is 2.42. The molecule has 0 radical (unpaired) electrons. The smallest absolute Gasteiger partial charge is 0.274 e. The minimum absolute atomic E-state index is 0.142. The minimum atomic E-state index is -3.31. The van der Waals surface area contributed by atoms with Crippen LogP contribution in [-0.2, 0) is 21.8 Å². The molecule has 0 aromatic carbocycles. The fraction of sp³-hybridized carbons (Fsp3) is 0.692. The monoisotopic (exact) mass is 328 g/mol. The summed E-state index contributed by atoms with van der Waals surface area (Å²) in [5.74, 6) is -0.168. The second kappa shape index (κ2) is 5.64. The van der Waals surface area contributed by atoms with Crippen LogP contribution in [0.2, 0.25) is 0 Å². The molecular formula is C13H20N4O4S. The number of fused-ring (bicyclic) bond motifs is 1. The first-order valence-corrected chi connectivity index (χ1v) is 9.08. The summed E-state index contributed by atoms with van der Waals surface area (Å²) in [6.45, 7) is 1.63. The molecule has 1 aromatic rings. The third kappa shape index (κ3) is 2.88. The second-order valence-electron chi connectivity index (χ2n) is 5.76. The van der Waals surface area contributed by atoms with Crippen LogP contribution in [-0.4, -0.2) is 78.0 Å². The van der Waals surface area contributed by atoms with Crippen molar-refractivity contribution in [2.24, 2.45) is 7.05 Å². The summed E-state index contributed by atoms with van der Waals surface area (Å²) in [7, 11) is -1.56. The number of sulfonamides is 1. The Morgan fingerprint density at radius 1 is 1.41 bits per heavy atom. The molecule has 8 nitrogen and oxygen atoms in total. The average Bonchev–Trinajstić information content (AvgIpc) is 2.91. The van der Waals surface area contributed by atoms with E-state index in [9.17, 15) is 13.2 Å². The van der Waals surface area contributed by atoms with Crippen molar-refractivity contribution in [1.29, 1.82) is 0 Å². The molecule has 1 aromatic heterocycles. The fourth-order valence-electron chi connectivity index (χ4n) is 3.13. The zero-order chi connectivity index (χ0) is 15.9. The molecule has 0 saturated carbocycles. The number of nitrogens with zero attached hydrogens (tertiary/aromatic N) is 4. The average molecular weight is 328 g/mol. The number of carbonyl (C=O) groups excluding carboxylic acids is 1. The van der Waals surface area contributed by atoms with Crippen LogP contribution in [0.5, 0.6) is 0 Å². The van der Waals surface area contributed by atoms with Gasteiger partial charge in [0.15, 0.2) is 0 Å². The second-order valence-corrected chi connectivity index (χ2v) is 7.70. The molecule has 2 aliphatic heterocycles. The highest BCUT2D eigenvalue weighted by Crippen LogP contribution is 2.25. The molecule has 0 spiro atoms. The van der Waals surface area contributed by atoms with E-state index in [1.165, 1.54) is 10.6 Å². The number of ether oxygens (including phenoxy) is 1. The van der Waals surface area contributed by atoms with E-state index in [0.29, 0.717) is 38.4 Å². The molecular weight excluding hydrogens is 308 g/mol. The van der Waals surface area contributed by atoms with Crippen LogP contribution >= 0.6 is 0 Å². The lowest BCUT2D eigenvalue weighted by Crippen LogP contribution is -2.61. The van der Waals surface area contributed by atoms with Crippen LogP contribution < -0.4 is 0 Å². The first-order chi connectivity index (χ1) is 10.4. The molecule has 3 rings (SSSR count). The van der Waals surface area contributed by atoms with Crippen LogP contribution in [0.15, 0.2) is 12.3 Å². The van der Waals surface area contributed by atoms with Crippen LogP contribution in [0.3, 0.4) is 0 Å². The number of hydrogen-bond donors (Lipinski definition) is 0. The van der Waals surface area contributed by atoms with E-state index >= 15 is 0 Å². The first kappa shape index (κ1) is 15.4. The summed E-state index contributed by atoms with van der Waals surface area (Å²) in [6, 6.07) is 1.35. The summed E-state index contributed by atoms with van der Waals surface area (Å²) in [4.78, 5) is 14.1. The van der Waals surface area contributed by atoms with Crippen molar-refractivity contribution in [1.82, 2.24) is 19.0 Å². The van der Waals surface area contributed by atoms with Crippen molar-refractivity contribution >= 4 is 15.9 Å². The lowest BCUT2D eigenvalue weighted by Gasteiger charge is -2.45. The molecule has 0 bridgehead atoms. The Balaban J connectivity index is 1.79. The topological polar surface area (TPSA) is 84.7 Å². The zero-order valence-electron chi connectivity index (χ0n) is 12.7. The quantitative estimate of drug-likeness (QED) is 0.716. The molecule has 0 N–H and O–H groups in total. The third-order valence-electron chi connectivity index (χ3n) is 4.18. The molecule has 1 amide bonds. The SMILES string of the molecule is Cn1ccc(C(=O)N2CC[C@H]3OCCN(S(C)(=O)=O)[C@@H]3C2)n1.